The van der Waals surface area contributed by atoms with Crippen LogP contribution in [0.4, 0.5) is 5.82 Å². The molecule has 0 amide bonds. The summed E-state index contributed by atoms with van der Waals surface area (Å²) in [6, 6.07) is 1.60. The lowest BCUT2D eigenvalue weighted by molar-refractivity contribution is 0.350. The van der Waals surface area contributed by atoms with E-state index < -0.39 is 0 Å². The molecule has 0 aliphatic rings. The average molecular weight is 137 g/mol. The smallest absolute Gasteiger partial charge is 0.146 e. The molecule has 0 aromatic carbocycles. The first kappa shape index (κ1) is 6.65. The van der Waals surface area contributed by atoms with Gasteiger partial charge in [-0.25, -0.2) is 0 Å². The minimum Gasteiger partial charge on any atom is -0.384 e. The lowest BCUT2D eigenvalue weighted by Gasteiger charge is -1.73. The number of H-pyrrole nitrogens is 1. The van der Waals surface area contributed by atoms with Crippen molar-refractivity contribution in [1.29, 1.82) is 0 Å². The van der Waals surface area contributed by atoms with Crippen molar-refractivity contribution in [2.45, 2.75) is 0 Å². The molecule has 52 valence electrons. The Morgan fingerprint density at radius 2 is 2.60 bits per heavy atom. The second kappa shape index (κ2) is 2.90. The molecule has 0 aliphatic carbocycles. The molecule has 0 saturated heterocycles. The molecule has 1 heterocycles. The SMILES string of the molecule is Nc1cc(C#CCO)[nH]n1. The molecule has 0 atom stereocenters. The Hall–Kier alpha value is -1.47. The Morgan fingerprint density at radius 1 is 1.80 bits per heavy atom. The van der Waals surface area contributed by atoms with Crippen LogP contribution in [0.25, 0.3) is 0 Å². The number of aliphatic hydroxyl groups excluding tert-OH is 1. The lowest BCUT2D eigenvalue weighted by atomic mass is 10.4. The Balaban J connectivity index is 2.76. The molecule has 0 saturated carbocycles. The summed E-state index contributed by atoms with van der Waals surface area (Å²) >= 11 is 0. The summed E-state index contributed by atoms with van der Waals surface area (Å²) in [4.78, 5) is 0. The van der Waals surface area contributed by atoms with Gasteiger partial charge in [0.05, 0.1) is 0 Å². The summed E-state index contributed by atoms with van der Waals surface area (Å²) in [6.07, 6.45) is 0. The van der Waals surface area contributed by atoms with Crippen LogP contribution in [0.15, 0.2) is 6.07 Å². The van der Waals surface area contributed by atoms with Crippen molar-refractivity contribution in [2.24, 2.45) is 0 Å². The highest BCUT2D eigenvalue weighted by molar-refractivity contribution is 5.37. The van der Waals surface area contributed by atoms with Crippen molar-refractivity contribution in [1.82, 2.24) is 10.2 Å². The number of rotatable bonds is 0. The molecule has 0 radical (unpaired) electrons. The van der Waals surface area contributed by atoms with E-state index in [1.54, 1.807) is 6.07 Å². The van der Waals surface area contributed by atoms with Gasteiger partial charge in [-0.3, -0.25) is 5.10 Å². The highest BCUT2D eigenvalue weighted by atomic mass is 16.2. The predicted octanol–water partition coefficient (Wildman–Crippen LogP) is -0.664. The number of aromatic amines is 1. The first-order valence-corrected chi connectivity index (χ1v) is 2.73. The maximum atomic E-state index is 8.30. The van der Waals surface area contributed by atoms with Crippen LogP contribution in [0, 0.1) is 11.8 Å². The van der Waals surface area contributed by atoms with E-state index in [2.05, 4.69) is 22.0 Å². The molecule has 4 nitrogen and oxygen atoms in total. The van der Waals surface area contributed by atoms with Gasteiger partial charge in [-0.1, -0.05) is 5.92 Å². The van der Waals surface area contributed by atoms with Gasteiger partial charge < -0.3 is 10.8 Å². The van der Waals surface area contributed by atoms with Crippen molar-refractivity contribution in [3.8, 4) is 11.8 Å². The van der Waals surface area contributed by atoms with E-state index in [4.69, 9.17) is 10.8 Å². The third kappa shape index (κ3) is 1.50. The minimum atomic E-state index is -0.154. The Morgan fingerprint density at radius 3 is 3.10 bits per heavy atom. The van der Waals surface area contributed by atoms with E-state index in [0.717, 1.165) is 0 Å². The zero-order valence-electron chi connectivity index (χ0n) is 5.26. The molecule has 0 unspecified atom stereocenters. The zero-order valence-corrected chi connectivity index (χ0v) is 5.26. The molecule has 1 aromatic heterocycles. The van der Waals surface area contributed by atoms with E-state index >= 15 is 0 Å². The number of anilines is 1. The van der Waals surface area contributed by atoms with Crippen LogP contribution in [0.2, 0.25) is 0 Å². The summed E-state index contributed by atoms with van der Waals surface area (Å²) < 4.78 is 0. The van der Waals surface area contributed by atoms with Gasteiger partial charge in [0, 0.05) is 6.07 Å². The quantitative estimate of drug-likeness (QED) is 0.415. The van der Waals surface area contributed by atoms with Gasteiger partial charge in [-0.2, -0.15) is 5.10 Å². The van der Waals surface area contributed by atoms with Gasteiger partial charge in [0.15, 0.2) is 0 Å². The van der Waals surface area contributed by atoms with Crippen LogP contribution < -0.4 is 5.73 Å². The monoisotopic (exact) mass is 137 g/mol. The van der Waals surface area contributed by atoms with Crippen LogP contribution in [-0.2, 0) is 0 Å². The van der Waals surface area contributed by atoms with Crippen molar-refractivity contribution in [3.05, 3.63) is 11.8 Å². The number of hydrogen-bond donors (Lipinski definition) is 3. The number of nitrogens with one attached hydrogen (secondary N) is 1. The van der Waals surface area contributed by atoms with Gasteiger partial charge in [0.2, 0.25) is 0 Å². The van der Waals surface area contributed by atoms with Gasteiger partial charge in [-0.15, -0.1) is 0 Å². The fraction of sp³-hybridized carbons (Fsp3) is 0.167. The normalized spacial score (nSPS) is 8.50. The first-order chi connectivity index (χ1) is 4.83. The van der Waals surface area contributed by atoms with Gasteiger partial charge >= 0.3 is 0 Å². The molecule has 10 heavy (non-hydrogen) atoms. The molecule has 0 bridgehead atoms. The third-order valence-corrected chi connectivity index (χ3v) is 0.900. The van der Waals surface area contributed by atoms with Crippen LogP contribution >= 0.6 is 0 Å². The number of nitrogens with zero attached hydrogens (tertiary/aromatic N) is 1. The molecular weight excluding hydrogens is 130 g/mol. The van der Waals surface area contributed by atoms with E-state index in [1.165, 1.54) is 0 Å². The van der Waals surface area contributed by atoms with Crippen molar-refractivity contribution < 1.29 is 5.11 Å². The number of nitrogen functional groups attached to an aromatic ring is 1. The van der Waals surface area contributed by atoms with Crippen molar-refractivity contribution in [2.75, 3.05) is 12.3 Å². The molecule has 0 spiro atoms. The molecule has 4 heteroatoms. The van der Waals surface area contributed by atoms with Crippen LogP contribution in [-0.4, -0.2) is 21.9 Å². The molecule has 4 N–H and O–H groups in total. The number of hydrogen-bond acceptors (Lipinski definition) is 3. The third-order valence-electron chi connectivity index (χ3n) is 0.900. The second-order valence-corrected chi connectivity index (χ2v) is 1.67. The van der Waals surface area contributed by atoms with E-state index in [1.807, 2.05) is 0 Å². The van der Waals surface area contributed by atoms with Gasteiger partial charge in [0.1, 0.15) is 18.1 Å². The van der Waals surface area contributed by atoms with Gasteiger partial charge in [0.25, 0.3) is 0 Å². The van der Waals surface area contributed by atoms with Crippen LogP contribution in [0.5, 0.6) is 0 Å². The topological polar surface area (TPSA) is 74.9 Å². The van der Waals surface area contributed by atoms with Gasteiger partial charge in [-0.05, 0) is 5.92 Å². The summed E-state index contributed by atoms with van der Waals surface area (Å²) in [5.41, 5.74) is 5.89. The molecule has 1 aromatic rings. The molecule has 0 fully saturated rings. The summed E-state index contributed by atoms with van der Waals surface area (Å²) in [6.45, 7) is -0.154. The molecular formula is C6H7N3O. The van der Waals surface area contributed by atoms with E-state index in [-0.39, 0.29) is 6.61 Å². The number of aromatic nitrogens is 2. The predicted molar refractivity (Wildman–Crippen MR) is 37.0 cm³/mol. The Labute approximate surface area is 58.1 Å². The summed E-state index contributed by atoms with van der Waals surface area (Å²) in [7, 11) is 0. The highest BCUT2D eigenvalue weighted by Gasteiger charge is 1.89. The highest BCUT2D eigenvalue weighted by Crippen LogP contribution is 1.96. The first-order valence-electron chi connectivity index (χ1n) is 2.73. The average Bonchev–Trinajstić information content (AvgIpc) is 2.31. The molecule has 1 rings (SSSR count). The fourth-order valence-corrected chi connectivity index (χ4v) is 0.536. The fourth-order valence-electron chi connectivity index (χ4n) is 0.536. The van der Waals surface area contributed by atoms with E-state index in [0.29, 0.717) is 11.5 Å². The number of nitrogens with two attached hydrogens (primary N) is 1. The Bertz CT molecular complexity index is 268. The molecule has 0 aliphatic heterocycles. The second-order valence-electron chi connectivity index (χ2n) is 1.67. The lowest BCUT2D eigenvalue weighted by Crippen LogP contribution is -1.81. The standard InChI is InChI=1S/C6H7N3O/c7-6-4-5(8-9-6)2-1-3-10/h4,10H,3H2,(H3,7,8,9). The maximum absolute atomic E-state index is 8.30. The van der Waals surface area contributed by atoms with Crippen LogP contribution in [0.1, 0.15) is 5.69 Å². The summed E-state index contributed by atoms with van der Waals surface area (Å²) in [5.74, 6) is 5.48. The number of aliphatic hydroxyl groups is 1. The largest absolute Gasteiger partial charge is 0.384 e. The maximum Gasteiger partial charge on any atom is 0.146 e. The minimum absolute atomic E-state index is 0.154. The van der Waals surface area contributed by atoms with Crippen molar-refractivity contribution in [3.63, 3.8) is 0 Å². The van der Waals surface area contributed by atoms with Crippen LogP contribution in [0.3, 0.4) is 0 Å². The van der Waals surface area contributed by atoms with Crippen molar-refractivity contribution >= 4 is 5.82 Å². The Kier molecular flexibility index (Phi) is 1.92. The van der Waals surface area contributed by atoms with E-state index in [9.17, 15) is 0 Å². The summed E-state index contributed by atoms with van der Waals surface area (Å²) in [5, 5.41) is 14.5. The zero-order chi connectivity index (χ0) is 7.40.